The van der Waals surface area contributed by atoms with Crippen molar-refractivity contribution < 1.29 is 0 Å². The molecule has 2 fully saturated rings. The first kappa shape index (κ1) is 6.62. The molecule has 2 unspecified atom stereocenters. The van der Waals surface area contributed by atoms with Crippen LogP contribution < -0.4 is 5.43 Å². The third-order valence-electron chi connectivity index (χ3n) is 3.44. The molecule has 10 heavy (non-hydrogen) atoms. The summed E-state index contributed by atoms with van der Waals surface area (Å²) >= 11 is 0. The molecule has 1 saturated carbocycles. The number of nitrogens with zero attached hydrogens (tertiary/aromatic N) is 1. The SMILES string of the molecule is CNN1CC2C(C1)C2(C)C. The first-order chi connectivity index (χ1) is 4.66. The molecule has 0 radical (unpaired) electrons. The molecule has 0 spiro atoms. The first-order valence-corrected chi connectivity index (χ1v) is 4.08. The van der Waals surface area contributed by atoms with Crippen LogP contribution in [0.25, 0.3) is 0 Å². The van der Waals surface area contributed by atoms with Crippen LogP contribution in [0.2, 0.25) is 0 Å². The third kappa shape index (κ3) is 0.663. The van der Waals surface area contributed by atoms with E-state index in [1.807, 2.05) is 7.05 Å². The molecule has 2 aliphatic rings. The zero-order chi connectivity index (χ0) is 7.35. The predicted molar refractivity (Wildman–Crippen MR) is 41.4 cm³/mol. The molecule has 1 aliphatic heterocycles. The molecule has 1 N–H and O–H groups in total. The molecule has 1 heterocycles. The van der Waals surface area contributed by atoms with Crippen LogP contribution in [0.15, 0.2) is 0 Å². The summed E-state index contributed by atoms with van der Waals surface area (Å²) in [7, 11) is 2.01. The molecule has 58 valence electrons. The van der Waals surface area contributed by atoms with E-state index < -0.39 is 0 Å². The van der Waals surface area contributed by atoms with Gasteiger partial charge in [-0.2, -0.15) is 0 Å². The van der Waals surface area contributed by atoms with Crippen LogP contribution >= 0.6 is 0 Å². The Morgan fingerprint density at radius 1 is 1.30 bits per heavy atom. The van der Waals surface area contributed by atoms with Gasteiger partial charge in [0.1, 0.15) is 0 Å². The van der Waals surface area contributed by atoms with E-state index in [9.17, 15) is 0 Å². The highest BCUT2D eigenvalue weighted by atomic mass is 15.5. The van der Waals surface area contributed by atoms with E-state index >= 15 is 0 Å². The van der Waals surface area contributed by atoms with Gasteiger partial charge in [0.05, 0.1) is 0 Å². The van der Waals surface area contributed by atoms with Crippen LogP contribution in [-0.4, -0.2) is 25.1 Å². The monoisotopic (exact) mass is 140 g/mol. The predicted octanol–water partition coefficient (Wildman–Crippen LogP) is 0.709. The zero-order valence-corrected chi connectivity index (χ0v) is 7.02. The van der Waals surface area contributed by atoms with Crippen molar-refractivity contribution in [1.29, 1.82) is 0 Å². The molecule has 0 aromatic carbocycles. The molecule has 2 heteroatoms. The summed E-state index contributed by atoms with van der Waals surface area (Å²) in [5.41, 5.74) is 3.86. The van der Waals surface area contributed by atoms with Gasteiger partial charge in [-0.3, -0.25) is 5.43 Å². The zero-order valence-electron chi connectivity index (χ0n) is 7.02. The Morgan fingerprint density at radius 3 is 2.20 bits per heavy atom. The van der Waals surface area contributed by atoms with Crippen molar-refractivity contribution in [1.82, 2.24) is 10.4 Å². The molecule has 2 atom stereocenters. The van der Waals surface area contributed by atoms with E-state index in [1.165, 1.54) is 13.1 Å². The van der Waals surface area contributed by atoms with Gasteiger partial charge < -0.3 is 0 Å². The van der Waals surface area contributed by atoms with Gasteiger partial charge >= 0.3 is 0 Å². The van der Waals surface area contributed by atoms with E-state index in [-0.39, 0.29) is 0 Å². The van der Waals surface area contributed by atoms with Gasteiger partial charge in [-0.15, -0.1) is 0 Å². The van der Waals surface area contributed by atoms with E-state index in [2.05, 4.69) is 24.3 Å². The van der Waals surface area contributed by atoms with Crippen molar-refractivity contribution in [3.05, 3.63) is 0 Å². The van der Waals surface area contributed by atoms with Crippen molar-refractivity contribution in [3.8, 4) is 0 Å². The highest BCUT2D eigenvalue weighted by Crippen LogP contribution is 2.61. The number of hydrogen-bond donors (Lipinski definition) is 1. The maximum atomic E-state index is 3.20. The van der Waals surface area contributed by atoms with Crippen LogP contribution in [0.4, 0.5) is 0 Å². The Balaban J connectivity index is 1.96. The normalized spacial score (nSPS) is 43.5. The smallest absolute Gasteiger partial charge is 0.0167 e. The van der Waals surface area contributed by atoms with Crippen molar-refractivity contribution in [2.45, 2.75) is 13.8 Å². The first-order valence-electron chi connectivity index (χ1n) is 4.08. The van der Waals surface area contributed by atoms with Crippen molar-refractivity contribution in [3.63, 3.8) is 0 Å². The molecular weight excluding hydrogens is 124 g/mol. The summed E-state index contributed by atoms with van der Waals surface area (Å²) in [5, 5.41) is 2.32. The number of rotatable bonds is 1. The number of hydrogen-bond acceptors (Lipinski definition) is 2. The van der Waals surface area contributed by atoms with Crippen molar-refractivity contribution in [2.75, 3.05) is 20.1 Å². The average Bonchev–Trinajstić information content (AvgIpc) is 2.37. The topological polar surface area (TPSA) is 15.3 Å². The average molecular weight is 140 g/mol. The maximum Gasteiger partial charge on any atom is 0.0167 e. The van der Waals surface area contributed by atoms with Crippen LogP contribution in [0, 0.1) is 17.3 Å². The molecular formula is C8H16N2. The van der Waals surface area contributed by atoms with E-state index in [0.717, 1.165) is 11.8 Å². The minimum atomic E-state index is 0.660. The largest absolute Gasteiger partial charge is 0.258 e. The van der Waals surface area contributed by atoms with Gasteiger partial charge in [-0.05, 0) is 24.3 Å². The summed E-state index contributed by atoms with van der Waals surface area (Å²) < 4.78 is 0. The van der Waals surface area contributed by atoms with Gasteiger partial charge in [0.15, 0.2) is 0 Å². The van der Waals surface area contributed by atoms with Gasteiger partial charge in [0, 0.05) is 13.1 Å². The van der Waals surface area contributed by atoms with Gasteiger partial charge in [0.25, 0.3) is 0 Å². The summed E-state index contributed by atoms with van der Waals surface area (Å²) in [6.45, 7) is 7.28. The minimum Gasteiger partial charge on any atom is -0.258 e. The molecule has 1 aliphatic carbocycles. The standard InChI is InChI=1S/C8H16N2/c1-8(2)6-4-10(9-3)5-7(6)8/h6-7,9H,4-5H2,1-3H3. The second kappa shape index (κ2) is 1.74. The minimum absolute atomic E-state index is 0.660. The van der Waals surface area contributed by atoms with Gasteiger partial charge in [-0.25, -0.2) is 5.01 Å². The fraction of sp³-hybridized carbons (Fsp3) is 1.00. The molecule has 0 amide bonds. The van der Waals surface area contributed by atoms with Crippen LogP contribution in [0.5, 0.6) is 0 Å². The lowest BCUT2D eigenvalue weighted by Gasteiger charge is -2.19. The quantitative estimate of drug-likeness (QED) is 0.577. The van der Waals surface area contributed by atoms with Crippen molar-refractivity contribution >= 4 is 0 Å². The molecule has 2 nitrogen and oxygen atoms in total. The second-order valence-corrected chi connectivity index (χ2v) is 4.16. The Labute approximate surface area is 62.6 Å². The van der Waals surface area contributed by atoms with E-state index in [4.69, 9.17) is 0 Å². The lowest BCUT2D eigenvalue weighted by atomic mass is 10.1. The molecule has 1 saturated heterocycles. The fourth-order valence-corrected chi connectivity index (χ4v) is 2.31. The second-order valence-electron chi connectivity index (χ2n) is 4.16. The number of nitrogens with one attached hydrogen (secondary N) is 1. The molecule has 0 aromatic heterocycles. The summed E-state index contributed by atoms with van der Waals surface area (Å²) in [6.07, 6.45) is 0. The van der Waals surface area contributed by atoms with Gasteiger partial charge in [0.2, 0.25) is 0 Å². The Hall–Kier alpha value is -0.0800. The Bertz CT molecular complexity index is 139. The highest BCUT2D eigenvalue weighted by molar-refractivity contribution is 5.10. The number of fused-ring (bicyclic) bond motifs is 1. The highest BCUT2D eigenvalue weighted by Gasteiger charge is 2.61. The fourth-order valence-electron chi connectivity index (χ4n) is 2.31. The third-order valence-corrected chi connectivity index (χ3v) is 3.44. The summed E-state index contributed by atoms with van der Waals surface area (Å²) in [6, 6.07) is 0. The van der Waals surface area contributed by atoms with Crippen LogP contribution in [-0.2, 0) is 0 Å². The number of piperidine rings is 1. The lowest BCUT2D eigenvalue weighted by Crippen LogP contribution is -2.36. The van der Waals surface area contributed by atoms with Crippen LogP contribution in [0.1, 0.15) is 13.8 Å². The molecule has 2 rings (SSSR count). The van der Waals surface area contributed by atoms with Gasteiger partial charge in [-0.1, -0.05) is 13.8 Å². The summed E-state index contributed by atoms with van der Waals surface area (Å²) in [4.78, 5) is 0. The molecule has 0 aromatic rings. The van der Waals surface area contributed by atoms with Crippen molar-refractivity contribution in [2.24, 2.45) is 17.3 Å². The Kier molecular flexibility index (Phi) is 1.15. The van der Waals surface area contributed by atoms with Crippen LogP contribution in [0.3, 0.4) is 0 Å². The van der Waals surface area contributed by atoms with E-state index in [0.29, 0.717) is 5.41 Å². The Morgan fingerprint density at radius 2 is 1.80 bits per heavy atom. The summed E-state index contributed by atoms with van der Waals surface area (Å²) in [5.74, 6) is 1.94. The number of hydrazine groups is 1. The lowest BCUT2D eigenvalue weighted by molar-refractivity contribution is 0.201. The van der Waals surface area contributed by atoms with E-state index in [1.54, 1.807) is 0 Å². The maximum absolute atomic E-state index is 3.20. The molecule has 0 bridgehead atoms.